The van der Waals surface area contributed by atoms with E-state index in [0.717, 1.165) is 0 Å². The summed E-state index contributed by atoms with van der Waals surface area (Å²) in [5.74, 6) is 0. The Kier molecular flexibility index (Phi) is 8.81. The van der Waals surface area contributed by atoms with Crippen molar-refractivity contribution < 1.29 is 9.53 Å². The Bertz CT molecular complexity index is 931. The second-order valence-electron chi connectivity index (χ2n) is 9.54. The minimum Gasteiger partial charge on any atom is -0.405 e. The summed E-state index contributed by atoms with van der Waals surface area (Å²) in [5, 5.41) is 17.0. The molecule has 0 aliphatic heterocycles. The summed E-state index contributed by atoms with van der Waals surface area (Å²) in [5.41, 5.74) is 1.19. The highest BCUT2D eigenvalue weighted by Crippen LogP contribution is 2.36. The number of rotatable bonds is 11. The first-order valence-corrected chi connectivity index (χ1v) is 13.6. The van der Waals surface area contributed by atoms with Crippen molar-refractivity contribution in [2.75, 3.05) is 6.61 Å². The van der Waals surface area contributed by atoms with E-state index in [2.05, 4.69) is 93.3 Å². The molecule has 0 aromatic heterocycles. The molecule has 0 saturated heterocycles. The predicted molar refractivity (Wildman–Crippen MR) is 141 cm³/mol. The van der Waals surface area contributed by atoms with Crippen LogP contribution in [0.25, 0.3) is 0 Å². The number of hydrogen-bond donors (Lipinski definition) is 2. The topological polar surface area (TPSA) is 41.5 Å². The molecular weight excluding hydrogens is 422 g/mol. The lowest BCUT2D eigenvalue weighted by Crippen LogP contribution is -2.67. The van der Waals surface area contributed by atoms with Crippen LogP contribution in [0.4, 0.5) is 0 Å². The lowest BCUT2D eigenvalue weighted by atomic mass is 10.1. The van der Waals surface area contributed by atoms with Crippen molar-refractivity contribution in [3.8, 4) is 0 Å². The van der Waals surface area contributed by atoms with Crippen molar-refractivity contribution in [3.05, 3.63) is 109 Å². The van der Waals surface area contributed by atoms with Crippen molar-refractivity contribution in [1.82, 2.24) is 5.32 Å². The molecule has 3 rings (SSSR count). The van der Waals surface area contributed by atoms with Crippen molar-refractivity contribution in [2.24, 2.45) is 0 Å². The van der Waals surface area contributed by atoms with Gasteiger partial charge in [-0.25, -0.2) is 0 Å². The number of aliphatic hydroxyl groups excluding tert-OH is 1. The third-order valence-corrected chi connectivity index (χ3v) is 11.2. The van der Waals surface area contributed by atoms with Crippen LogP contribution in [-0.2, 0) is 11.0 Å². The molecule has 2 N–H and O–H groups in total. The quantitative estimate of drug-likeness (QED) is 0.324. The van der Waals surface area contributed by atoms with Crippen molar-refractivity contribution in [2.45, 2.75) is 50.9 Å². The molecule has 0 aliphatic carbocycles. The average Bonchev–Trinajstić information content (AvgIpc) is 2.83. The van der Waals surface area contributed by atoms with Gasteiger partial charge in [-0.3, -0.25) is 0 Å². The molecule has 0 aliphatic rings. The van der Waals surface area contributed by atoms with Crippen molar-refractivity contribution in [3.63, 3.8) is 0 Å². The Balaban J connectivity index is 1.87. The van der Waals surface area contributed by atoms with Crippen LogP contribution in [0.3, 0.4) is 0 Å². The fourth-order valence-electron chi connectivity index (χ4n) is 4.49. The van der Waals surface area contributed by atoms with Crippen LogP contribution >= 0.6 is 0 Å². The summed E-state index contributed by atoms with van der Waals surface area (Å²) < 4.78 is 6.92. The Morgan fingerprint density at radius 2 is 1.36 bits per heavy atom. The first-order chi connectivity index (χ1) is 15.9. The van der Waals surface area contributed by atoms with E-state index < -0.39 is 14.4 Å². The smallest absolute Gasteiger partial charge is 0.261 e. The molecule has 0 bridgehead atoms. The van der Waals surface area contributed by atoms with Gasteiger partial charge in [0.1, 0.15) is 0 Å². The fourth-order valence-corrected chi connectivity index (χ4v) is 9.07. The van der Waals surface area contributed by atoms with Crippen LogP contribution in [0.1, 0.15) is 32.8 Å². The fraction of sp³-hybridized carbons (Fsp3) is 0.310. The highest BCUT2D eigenvalue weighted by Gasteiger charge is 2.50. The third-order valence-electron chi connectivity index (χ3n) is 6.18. The Labute approximate surface area is 200 Å². The standard InChI is InChI=1S/C29H37NO2Si/c1-5-15-27(30-22-24-16-9-6-10-17-24)28(31)23-32-33(29(2,3)4,25-18-11-7-12-19-25)26-20-13-8-14-21-26/h5-14,16-21,27-28,30-31H,1,15,22-23H2,2-4H3/t27-,28+/m0/s1. The maximum atomic E-state index is 11.2. The summed E-state index contributed by atoms with van der Waals surface area (Å²) in [7, 11) is -2.68. The molecule has 0 radical (unpaired) electrons. The zero-order valence-electron chi connectivity index (χ0n) is 20.1. The van der Waals surface area contributed by atoms with Gasteiger partial charge in [-0.05, 0) is 27.4 Å². The molecule has 0 spiro atoms. The normalized spacial score (nSPS) is 13.9. The molecule has 4 heteroatoms. The van der Waals surface area contributed by atoms with Gasteiger partial charge < -0.3 is 14.8 Å². The van der Waals surface area contributed by atoms with Gasteiger partial charge in [-0.15, -0.1) is 6.58 Å². The molecule has 3 nitrogen and oxygen atoms in total. The number of hydrogen-bond acceptors (Lipinski definition) is 3. The van der Waals surface area contributed by atoms with Gasteiger partial charge >= 0.3 is 0 Å². The first kappa shape index (κ1) is 25.1. The Hall–Kier alpha value is -2.50. The molecule has 174 valence electrons. The minimum atomic E-state index is -2.68. The van der Waals surface area contributed by atoms with E-state index in [9.17, 15) is 5.11 Å². The predicted octanol–water partition coefficient (Wildman–Crippen LogP) is 4.66. The highest BCUT2D eigenvalue weighted by atomic mass is 28.4. The van der Waals surface area contributed by atoms with Crippen LogP contribution < -0.4 is 15.7 Å². The maximum absolute atomic E-state index is 11.2. The SMILES string of the molecule is C=CC[C@H](NCc1ccccc1)[C@H](O)CO[Si](c1ccccc1)(c1ccccc1)C(C)(C)C. The van der Waals surface area contributed by atoms with E-state index in [1.165, 1.54) is 15.9 Å². The molecule has 33 heavy (non-hydrogen) atoms. The van der Waals surface area contributed by atoms with Gasteiger partial charge in [0, 0.05) is 12.6 Å². The largest absolute Gasteiger partial charge is 0.405 e. The van der Waals surface area contributed by atoms with Crippen LogP contribution in [0, 0.1) is 0 Å². The van der Waals surface area contributed by atoms with Crippen LogP contribution in [0.5, 0.6) is 0 Å². The molecule has 3 aromatic carbocycles. The third kappa shape index (κ3) is 6.09. The van der Waals surface area contributed by atoms with E-state index in [1.54, 1.807) is 0 Å². The van der Waals surface area contributed by atoms with Gasteiger partial charge in [-0.2, -0.15) is 0 Å². The van der Waals surface area contributed by atoms with E-state index in [-0.39, 0.29) is 17.7 Å². The monoisotopic (exact) mass is 459 g/mol. The molecule has 0 fully saturated rings. The number of aliphatic hydroxyl groups is 1. The van der Waals surface area contributed by atoms with Crippen LogP contribution in [0.15, 0.2) is 104 Å². The highest BCUT2D eigenvalue weighted by molar-refractivity contribution is 6.99. The molecule has 2 atom stereocenters. The first-order valence-electron chi connectivity index (χ1n) is 11.7. The average molecular weight is 460 g/mol. The molecule has 0 heterocycles. The number of benzene rings is 3. The van der Waals surface area contributed by atoms with E-state index in [0.29, 0.717) is 13.0 Å². The second kappa shape index (κ2) is 11.6. The molecular formula is C29H37NO2Si. The van der Waals surface area contributed by atoms with Crippen molar-refractivity contribution >= 4 is 18.7 Å². The lowest BCUT2D eigenvalue weighted by molar-refractivity contribution is 0.0691. The Morgan fingerprint density at radius 1 is 0.879 bits per heavy atom. The van der Waals surface area contributed by atoms with Gasteiger partial charge in [0.25, 0.3) is 8.32 Å². The van der Waals surface area contributed by atoms with E-state index in [1.807, 2.05) is 36.4 Å². The van der Waals surface area contributed by atoms with Crippen LogP contribution in [-0.4, -0.2) is 32.2 Å². The second-order valence-corrected chi connectivity index (χ2v) is 13.8. The van der Waals surface area contributed by atoms with E-state index in [4.69, 9.17) is 4.43 Å². The van der Waals surface area contributed by atoms with Crippen LogP contribution in [0.2, 0.25) is 5.04 Å². The summed E-state index contributed by atoms with van der Waals surface area (Å²) >= 11 is 0. The molecule has 0 unspecified atom stereocenters. The zero-order chi connectivity index (χ0) is 23.7. The zero-order valence-corrected chi connectivity index (χ0v) is 21.1. The maximum Gasteiger partial charge on any atom is 0.261 e. The Morgan fingerprint density at radius 3 is 1.82 bits per heavy atom. The minimum absolute atomic E-state index is 0.124. The summed E-state index contributed by atoms with van der Waals surface area (Å²) in [4.78, 5) is 0. The van der Waals surface area contributed by atoms with Gasteiger partial charge in [0.05, 0.1) is 12.7 Å². The lowest BCUT2D eigenvalue weighted by Gasteiger charge is -2.43. The van der Waals surface area contributed by atoms with Gasteiger partial charge in [0.15, 0.2) is 0 Å². The van der Waals surface area contributed by atoms with Gasteiger partial charge in [0.2, 0.25) is 0 Å². The molecule has 3 aromatic rings. The van der Waals surface area contributed by atoms with Crippen molar-refractivity contribution in [1.29, 1.82) is 0 Å². The summed E-state index contributed by atoms with van der Waals surface area (Å²) in [6, 6.07) is 31.2. The van der Waals surface area contributed by atoms with Gasteiger partial charge in [-0.1, -0.05) is 118 Å². The summed E-state index contributed by atoms with van der Waals surface area (Å²) in [6.45, 7) is 11.6. The summed E-state index contributed by atoms with van der Waals surface area (Å²) in [6.07, 6.45) is 1.86. The number of nitrogens with one attached hydrogen (secondary N) is 1. The molecule has 0 saturated carbocycles. The van der Waals surface area contributed by atoms with E-state index >= 15 is 0 Å². The molecule has 0 amide bonds.